The average Bonchev–Trinajstić information content (AvgIpc) is 2.96. The molecule has 9 heteroatoms. The van der Waals surface area contributed by atoms with Crippen molar-refractivity contribution in [2.24, 2.45) is 0 Å². The highest BCUT2D eigenvalue weighted by Crippen LogP contribution is 2.34. The molecule has 1 aromatic rings. The number of carbonyl (C=O) groups is 2. The van der Waals surface area contributed by atoms with Crippen LogP contribution in [0, 0.1) is 0 Å². The first-order chi connectivity index (χ1) is 14.3. The molecular weight excluding hydrogens is 420 g/mol. The minimum Gasteiger partial charge on any atom is -0.444 e. The van der Waals surface area contributed by atoms with E-state index in [1.807, 2.05) is 0 Å². The van der Waals surface area contributed by atoms with Gasteiger partial charge in [-0.1, -0.05) is 24.3 Å². The lowest BCUT2D eigenvalue weighted by Crippen LogP contribution is -2.50. The van der Waals surface area contributed by atoms with Gasteiger partial charge >= 0.3 is 6.09 Å². The first-order valence-electron chi connectivity index (χ1n) is 10.3. The van der Waals surface area contributed by atoms with Crippen LogP contribution in [-0.2, 0) is 24.3 Å². The lowest BCUT2D eigenvalue weighted by atomic mass is 10.0. The average molecular weight is 451 g/mol. The lowest BCUT2D eigenvalue weighted by Gasteiger charge is -2.36. The van der Waals surface area contributed by atoms with Gasteiger partial charge in [-0.25, -0.2) is 17.5 Å². The molecule has 2 aliphatic rings. The van der Waals surface area contributed by atoms with E-state index in [2.05, 4.69) is 0 Å². The van der Waals surface area contributed by atoms with E-state index in [4.69, 9.17) is 9.47 Å². The minimum atomic E-state index is -3.95. The lowest BCUT2D eigenvalue weighted by molar-refractivity contribution is -0.123. The van der Waals surface area contributed by atoms with Gasteiger partial charge in [0, 0.05) is 18.5 Å². The van der Waals surface area contributed by atoms with Gasteiger partial charge in [0.2, 0.25) is 0 Å². The normalized spacial score (nSPS) is 21.8. The number of ether oxygens (including phenoxy) is 2. The number of rotatable bonds is 4. The van der Waals surface area contributed by atoms with Crippen molar-refractivity contribution in [3.05, 3.63) is 42.0 Å². The summed E-state index contributed by atoms with van der Waals surface area (Å²) in [6, 6.07) is 7.45. The van der Waals surface area contributed by atoms with Gasteiger partial charge in [-0.2, -0.15) is 0 Å². The minimum absolute atomic E-state index is 0.0744. The van der Waals surface area contributed by atoms with Crippen LogP contribution >= 0.6 is 0 Å². The second-order valence-electron chi connectivity index (χ2n) is 9.18. The summed E-state index contributed by atoms with van der Waals surface area (Å²) < 4.78 is 38.2. The fourth-order valence-electron chi connectivity index (χ4n) is 3.79. The first kappa shape index (κ1) is 23.3. The topological polar surface area (TPSA) is 93.2 Å². The van der Waals surface area contributed by atoms with Gasteiger partial charge in [-0.05, 0) is 53.2 Å². The molecule has 0 saturated carbocycles. The smallest absolute Gasteiger partial charge is 0.412 e. The second kappa shape index (κ2) is 8.27. The molecule has 0 bridgehead atoms. The van der Waals surface area contributed by atoms with E-state index in [0.717, 1.165) is 4.31 Å². The summed E-state index contributed by atoms with van der Waals surface area (Å²) >= 11 is 0. The first-order valence-corrected chi connectivity index (χ1v) is 11.7. The molecule has 3 rings (SSSR count). The van der Waals surface area contributed by atoms with Crippen LogP contribution in [0.2, 0.25) is 0 Å². The third kappa shape index (κ3) is 4.93. The van der Waals surface area contributed by atoms with Crippen LogP contribution in [0.1, 0.15) is 47.5 Å². The molecule has 1 saturated heterocycles. The van der Waals surface area contributed by atoms with Crippen molar-refractivity contribution >= 4 is 22.0 Å². The van der Waals surface area contributed by atoms with E-state index >= 15 is 0 Å². The second-order valence-corrected chi connectivity index (χ2v) is 11.0. The molecule has 1 fully saturated rings. The van der Waals surface area contributed by atoms with Crippen LogP contribution in [0.4, 0.5) is 4.79 Å². The quantitative estimate of drug-likeness (QED) is 0.699. The van der Waals surface area contributed by atoms with Gasteiger partial charge in [0.05, 0.1) is 17.5 Å². The van der Waals surface area contributed by atoms with Gasteiger partial charge in [-0.3, -0.25) is 9.69 Å². The van der Waals surface area contributed by atoms with E-state index in [0.29, 0.717) is 12.0 Å². The molecule has 2 amide bonds. The maximum Gasteiger partial charge on any atom is 0.412 e. The molecule has 1 atom stereocenters. The molecular formula is C22H30N2O6S. The number of nitrogens with zero attached hydrogens (tertiary/aromatic N) is 2. The highest BCUT2D eigenvalue weighted by molar-refractivity contribution is 7.89. The van der Waals surface area contributed by atoms with Gasteiger partial charge in [-0.15, -0.1) is 0 Å². The van der Waals surface area contributed by atoms with Gasteiger partial charge in [0.25, 0.3) is 15.9 Å². The summed E-state index contributed by atoms with van der Waals surface area (Å²) in [5.74, 6) is -0.566. The van der Waals surface area contributed by atoms with Crippen LogP contribution in [0.15, 0.2) is 46.9 Å². The van der Waals surface area contributed by atoms with Crippen molar-refractivity contribution in [3.63, 3.8) is 0 Å². The maximum atomic E-state index is 13.1. The number of hydrogen-bond donors (Lipinski definition) is 0. The van der Waals surface area contributed by atoms with Crippen molar-refractivity contribution in [1.29, 1.82) is 0 Å². The van der Waals surface area contributed by atoms with Crippen molar-refractivity contribution in [3.8, 4) is 0 Å². The molecule has 2 heterocycles. The summed E-state index contributed by atoms with van der Waals surface area (Å²) in [6.45, 7) is 9.18. The number of amides is 2. The predicted molar refractivity (Wildman–Crippen MR) is 115 cm³/mol. The third-order valence-corrected chi connectivity index (χ3v) is 6.97. The Balaban J connectivity index is 1.81. The van der Waals surface area contributed by atoms with Crippen molar-refractivity contribution in [1.82, 2.24) is 9.21 Å². The molecule has 31 heavy (non-hydrogen) atoms. The summed E-state index contributed by atoms with van der Waals surface area (Å²) in [5, 5.41) is 0. The monoisotopic (exact) mass is 450 g/mol. The summed E-state index contributed by atoms with van der Waals surface area (Å²) in [4.78, 5) is 27.5. The standard InChI is InChI=1S/C22H30N2O6S/c1-21(2,3)30-20(26)24-17(15-29-22(24,4)5)14-16-10-9-13-23(19(16)25)31(27,28)18-11-7-6-8-12-18/h6-8,10-12,17H,9,13-15H2,1-5H3/t17-/m1/s1. The van der Waals surface area contributed by atoms with Crippen LogP contribution in [0.25, 0.3) is 0 Å². The van der Waals surface area contributed by atoms with E-state index in [1.165, 1.54) is 17.0 Å². The molecule has 1 aromatic carbocycles. The van der Waals surface area contributed by atoms with Crippen LogP contribution in [0.5, 0.6) is 0 Å². The Bertz CT molecular complexity index is 979. The van der Waals surface area contributed by atoms with Gasteiger partial charge in [0.1, 0.15) is 11.3 Å². The summed E-state index contributed by atoms with van der Waals surface area (Å²) in [6.07, 6.45) is 1.81. The SMILES string of the molecule is CC(C)(C)OC(=O)N1[C@H](CC2=CCCN(S(=O)(=O)c3ccccc3)C2=O)COC1(C)C. The van der Waals surface area contributed by atoms with Crippen LogP contribution in [-0.4, -0.2) is 60.1 Å². The summed E-state index contributed by atoms with van der Waals surface area (Å²) in [7, 11) is -3.95. The molecule has 0 radical (unpaired) electrons. The van der Waals surface area contributed by atoms with Gasteiger partial charge < -0.3 is 9.47 Å². The Hall–Kier alpha value is -2.39. The Kier molecular flexibility index (Phi) is 6.21. The van der Waals surface area contributed by atoms with Crippen molar-refractivity contribution in [2.45, 2.75) is 69.7 Å². The zero-order valence-electron chi connectivity index (χ0n) is 18.6. The van der Waals surface area contributed by atoms with E-state index in [9.17, 15) is 18.0 Å². The molecule has 0 spiro atoms. The Morgan fingerprint density at radius 1 is 1.23 bits per heavy atom. The van der Waals surface area contributed by atoms with E-state index in [1.54, 1.807) is 58.9 Å². The maximum absolute atomic E-state index is 13.1. The van der Waals surface area contributed by atoms with Crippen molar-refractivity contribution in [2.75, 3.05) is 13.2 Å². The number of hydrogen-bond acceptors (Lipinski definition) is 6. The van der Waals surface area contributed by atoms with Gasteiger partial charge in [0.15, 0.2) is 0 Å². The molecule has 0 aliphatic carbocycles. The molecule has 170 valence electrons. The number of sulfonamides is 1. The predicted octanol–water partition coefficient (Wildman–Crippen LogP) is 3.30. The van der Waals surface area contributed by atoms with Crippen molar-refractivity contribution < 1.29 is 27.5 Å². The zero-order valence-corrected chi connectivity index (χ0v) is 19.4. The molecule has 8 nitrogen and oxygen atoms in total. The molecule has 2 aliphatic heterocycles. The number of benzene rings is 1. The fraction of sp³-hybridized carbons (Fsp3) is 0.545. The van der Waals surface area contributed by atoms with E-state index < -0.39 is 39.4 Å². The molecule has 0 aromatic heterocycles. The third-order valence-electron chi connectivity index (χ3n) is 5.18. The Morgan fingerprint density at radius 2 is 1.87 bits per heavy atom. The Labute approximate surface area is 183 Å². The molecule has 0 N–H and O–H groups in total. The molecule has 0 unspecified atom stereocenters. The number of carbonyl (C=O) groups excluding carboxylic acids is 2. The van der Waals surface area contributed by atoms with Crippen LogP contribution in [0.3, 0.4) is 0 Å². The fourth-order valence-corrected chi connectivity index (χ4v) is 5.23. The van der Waals surface area contributed by atoms with Crippen LogP contribution < -0.4 is 0 Å². The Morgan fingerprint density at radius 3 is 2.48 bits per heavy atom. The summed E-state index contributed by atoms with van der Waals surface area (Å²) in [5.41, 5.74) is -1.23. The zero-order chi connectivity index (χ0) is 23.0. The highest BCUT2D eigenvalue weighted by atomic mass is 32.2. The largest absolute Gasteiger partial charge is 0.444 e. The van der Waals surface area contributed by atoms with E-state index in [-0.39, 0.29) is 24.5 Å². The highest BCUT2D eigenvalue weighted by Gasteiger charge is 2.47.